The summed E-state index contributed by atoms with van der Waals surface area (Å²) >= 11 is 0. The molecule has 0 aliphatic heterocycles. The molecule has 1 aliphatic carbocycles. The molecule has 1 aromatic carbocycles. The average Bonchev–Trinajstić information content (AvgIpc) is 3.15. The van der Waals surface area contributed by atoms with Crippen LogP contribution in [-0.4, -0.2) is 26.4 Å². The Balaban J connectivity index is 2.19. The fraction of sp³-hybridized carbons (Fsp3) is 0.538. The summed E-state index contributed by atoms with van der Waals surface area (Å²) in [5.41, 5.74) is 0.0375. The van der Waals surface area contributed by atoms with Crippen LogP contribution in [0.4, 0.5) is 11.4 Å². The van der Waals surface area contributed by atoms with Gasteiger partial charge in [-0.3, -0.25) is 10.1 Å². The second-order valence-electron chi connectivity index (χ2n) is 5.20. The van der Waals surface area contributed by atoms with Gasteiger partial charge in [-0.05, 0) is 30.9 Å². The van der Waals surface area contributed by atoms with Crippen LogP contribution in [0.1, 0.15) is 26.2 Å². The van der Waals surface area contributed by atoms with Gasteiger partial charge < -0.3 is 5.32 Å². The SMILES string of the molecule is CCCC1CC1NS(=O)(=O)c1ccc([N+](=O)[O-])c(NC)c1. The Bertz CT molecular complexity index is 645. The first-order chi connectivity index (χ1) is 9.89. The number of benzene rings is 1. The summed E-state index contributed by atoms with van der Waals surface area (Å²) in [6.07, 6.45) is 2.90. The van der Waals surface area contributed by atoms with Gasteiger partial charge in [0.1, 0.15) is 5.69 Å². The predicted molar refractivity (Wildman–Crippen MR) is 79.8 cm³/mol. The number of nitrogens with one attached hydrogen (secondary N) is 2. The van der Waals surface area contributed by atoms with Gasteiger partial charge in [-0.15, -0.1) is 0 Å². The number of hydrogen-bond donors (Lipinski definition) is 2. The van der Waals surface area contributed by atoms with Gasteiger partial charge in [0.2, 0.25) is 10.0 Å². The van der Waals surface area contributed by atoms with Crippen LogP contribution in [0.25, 0.3) is 0 Å². The van der Waals surface area contributed by atoms with E-state index in [2.05, 4.69) is 17.0 Å². The Morgan fingerprint density at radius 2 is 2.14 bits per heavy atom. The van der Waals surface area contributed by atoms with Crippen molar-refractivity contribution in [3.8, 4) is 0 Å². The highest BCUT2D eigenvalue weighted by Crippen LogP contribution is 2.36. The molecule has 7 nitrogen and oxygen atoms in total. The summed E-state index contributed by atoms with van der Waals surface area (Å²) in [4.78, 5) is 10.3. The number of nitro benzene ring substituents is 1. The molecule has 2 unspecified atom stereocenters. The molecule has 2 rings (SSSR count). The zero-order valence-electron chi connectivity index (χ0n) is 12.0. The quantitative estimate of drug-likeness (QED) is 0.593. The van der Waals surface area contributed by atoms with Crippen molar-refractivity contribution in [2.24, 2.45) is 5.92 Å². The van der Waals surface area contributed by atoms with Gasteiger partial charge in [-0.25, -0.2) is 13.1 Å². The first-order valence-electron chi connectivity index (χ1n) is 6.87. The molecule has 0 heterocycles. The van der Waals surface area contributed by atoms with Crippen molar-refractivity contribution in [2.75, 3.05) is 12.4 Å². The number of rotatable bonds is 7. The Kier molecular flexibility index (Phi) is 4.48. The zero-order valence-corrected chi connectivity index (χ0v) is 12.8. The van der Waals surface area contributed by atoms with Crippen molar-refractivity contribution >= 4 is 21.4 Å². The Hall–Kier alpha value is -1.67. The molecular formula is C13H19N3O4S. The highest BCUT2D eigenvalue weighted by atomic mass is 32.2. The van der Waals surface area contributed by atoms with Gasteiger partial charge in [0.25, 0.3) is 5.69 Å². The molecule has 0 bridgehead atoms. The van der Waals surface area contributed by atoms with Gasteiger partial charge in [-0.1, -0.05) is 13.3 Å². The lowest BCUT2D eigenvalue weighted by Gasteiger charge is -2.08. The minimum atomic E-state index is -3.64. The molecule has 0 spiro atoms. The largest absolute Gasteiger partial charge is 0.383 e. The van der Waals surface area contributed by atoms with Crippen LogP contribution < -0.4 is 10.0 Å². The van der Waals surface area contributed by atoms with Crippen molar-refractivity contribution < 1.29 is 13.3 Å². The topological polar surface area (TPSA) is 101 Å². The van der Waals surface area contributed by atoms with Gasteiger partial charge in [-0.2, -0.15) is 0 Å². The number of hydrogen-bond acceptors (Lipinski definition) is 5. The van der Waals surface area contributed by atoms with E-state index in [1.807, 2.05) is 0 Å². The lowest BCUT2D eigenvalue weighted by atomic mass is 10.2. The molecule has 21 heavy (non-hydrogen) atoms. The van der Waals surface area contributed by atoms with Gasteiger partial charge in [0.15, 0.2) is 0 Å². The van der Waals surface area contributed by atoms with E-state index in [1.54, 1.807) is 0 Å². The molecular weight excluding hydrogens is 294 g/mol. The molecule has 0 saturated heterocycles. The summed E-state index contributed by atoms with van der Waals surface area (Å²) in [6.45, 7) is 2.07. The predicted octanol–water partition coefficient (Wildman–Crippen LogP) is 2.10. The molecule has 0 aromatic heterocycles. The van der Waals surface area contributed by atoms with E-state index in [0.29, 0.717) is 5.92 Å². The highest BCUT2D eigenvalue weighted by Gasteiger charge is 2.39. The summed E-state index contributed by atoms with van der Waals surface area (Å²) < 4.78 is 27.2. The fourth-order valence-electron chi connectivity index (χ4n) is 2.39. The molecule has 2 N–H and O–H groups in total. The van der Waals surface area contributed by atoms with E-state index in [4.69, 9.17) is 0 Å². The lowest BCUT2D eigenvalue weighted by molar-refractivity contribution is -0.384. The normalized spacial score (nSPS) is 21.0. The molecule has 1 saturated carbocycles. The van der Waals surface area contributed by atoms with E-state index in [9.17, 15) is 18.5 Å². The fourth-order valence-corrected chi connectivity index (χ4v) is 3.73. The monoisotopic (exact) mass is 313 g/mol. The minimum Gasteiger partial charge on any atom is -0.383 e. The number of anilines is 1. The van der Waals surface area contributed by atoms with Crippen molar-refractivity contribution in [2.45, 2.75) is 37.1 Å². The molecule has 0 amide bonds. The maximum Gasteiger partial charge on any atom is 0.292 e. The van der Waals surface area contributed by atoms with E-state index in [-0.39, 0.29) is 22.3 Å². The molecule has 8 heteroatoms. The molecule has 2 atom stereocenters. The maximum atomic E-state index is 12.3. The zero-order chi connectivity index (χ0) is 15.6. The summed E-state index contributed by atoms with van der Waals surface area (Å²) in [5, 5.41) is 13.5. The van der Waals surface area contributed by atoms with E-state index < -0.39 is 14.9 Å². The Morgan fingerprint density at radius 1 is 1.43 bits per heavy atom. The van der Waals surface area contributed by atoms with Crippen LogP contribution in [0.5, 0.6) is 0 Å². The van der Waals surface area contributed by atoms with Crippen molar-refractivity contribution in [3.63, 3.8) is 0 Å². The van der Waals surface area contributed by atoms with Crippen LogP contribution in [0.2, 0.25) is 0 Å². The van der Waals surface area contributed by atoms with E-state index in [1.165, 1.54) is 25.2 Å². The molecule has 1 fully saturated rings. The van der Waals surface area contributed by atoms with Crippen LogP contribution in [-0.2, 0) is 10.0 Å². The van der Waals surface area contributed by atoms with E-state index in [0.717, 1.165) is 19.3 Å². The Labute approximate surface area is 123 Å². The summed E-state index contributed by atoms with van der Waals surface area (Å²) in [5.74, 6) is 0.409. The van der Waals surface area contributed by atoms with Gasteiger partial charge in [0, 0.05) is 19.2 Å². The molecule has 1 aromatic rings. The standard InChI is InChI=1S/C13H19N3O4S/c1-3-4-9-7-11(9)15-21(19,20)10-5-6-13(16(17)18)12(8-10)14-2/h5-6,8-9,11,14-15H,3-4,7H2,1-2H3. The minimum absolute atomic E-state index is 0.0109. The third-order valence-electron chi connectivity index (χ3n) is 3.63. The summed E-state index contributed by atoms with van der Waals surface area (Å²) in [7, 11) is -2.12. The van der Waals surface area contributed by atoms with E-state index >= 15 is 0 Å². The number of nitrogens with zero attached hydrogens (tertiary/aromatic N) is 1. The van der Waals surface area contributed by atoms with Crippen molar-refractivity contribution in [1.82, 2.24) is 4.72 Å². The molecule has 0 radical (unpaired) electrons. The first-order valence-corrected chi connectivity index (χ1v) is 8.36. The second kappa shape index (κ2) is 5.98. The lowest BCUT2D eigenvalue weighted by Crippen LogP contribution is -2.27. The first kappa shape index (κ1) is 15.7. The maximum absolute atomic E-state index is 12.3. The third-order valence-corrected chi connectivity index (χ3v) is 5.12. The highest BCUT2D eigenvalue weighted by molar-refractivity contribution is 7.89. The Morgan fingerprint density at radius 3 is 2.71 bits per heavy atom. The van der Waals surface area contributed by atoms with Gasteiger partial charge >= 0.3 is 0 Å². The van der Waals surface area contributed by atoms with Gasteiger partial charge in [0.05, 0.1) is 9.82 Å². The second-order valence-corrected chi connectivity index (χ2v) is 6.91. The summed E-state index contributed by atoms with van der Waals surface area (Å²) in [6, 6.07) is 3.75. The number of sulfonamides is 1. The molecule has 1 aliphatic rings. The smallest absolute Gasteiger partial charge is 0.292 e. The van der Waals surface area contributed by atoms with Crippen molar-refractivity contribution in [3.05, 3.63) is 28.3 Å². The number of nitro groups is 1. The van der Waals surface area contributed by atoms with Crippen molar-refractivity contribution in [1.29, 1.82) is 0 Å². The van der Waals surface area contributed by atoms with Crippen LogP contribution in [0, 0.1) is 16.0 Å². The third kappa shape index (κ3) is 3.51. The van der Waals surface area contributed by atoms with Crippen LogP contribution in [0.3, 0.4) is 0 Å². The molecule has 116 valence electrons. The average molecular weight is 313 g/mol. The van der Waals surface area contributed by atoms with Crippen LogP contribution >= 0.6 is 0 Å². The van der Waals surface area contributed by atoms with Crippen LogP contribution in [0.15, 0.2) is 23.1 Å².